The molecule has 1 aromatic rings. The highest BCUT2D eigenvalue weighted by atomic mass is 14.7. The maximum absolute atomic E-state index is 6.49. The van der Waals surface area contributed by atoms with Crippen molar-refractivity contribution in [2.75, 3.05) is 0 Å². The van der Waals surface area contributed by atoms with Gasteiger partial charge >= 0.3 is 0 Å². The molecule has 0 aromatic heterocycles. The van der Waals surface area contributed by atoms with Crippen LogP contribution in [0.4, 0.5) is 0 Å². The summed E-state index contributed by atoms with van der Waals surface area (Å²) in [5.41, 5.74) is 9.58. The van der Waals surface area contributed by atoms with Crippen LogP contribution < -0.4 is 5.73 Å². The molecular formula is C18H29N. The van der Waals surface area contributed by atoms with Crippen molar-refractivity contribution in [3.63, 3.8) is 0 Å². The average molecular weight is 259 g/mol. The third-order valence-electron chi connectivity index (χ3n) is 4.93. The van der Waals surface area contributed by atoms with Crippen molar-refractivity contribution in [3.05, 3.63) is 35.4 Å². The molecule has 0 amide bonds. The van der Waals surface area contributed by atoms with E-state index in [2.05, 4.69) is 52.0 Å². The van der Waals surface area contributed by atoms with Crippen molar-refractivity contribution in [3.8, 4) is 0 Å². The van der Waals surface area contributed by atoms with E-state index in [1.54, 1.807) is 0 Å². The first-order valence-electron chi connectivity index (χ1n) is 7.70. The van der Waals surface area contributed by atoms with Crippen molar-refractivity contribution in [1.29, 1.82) is 0 Å². The highest BCUT2D eigenvalue weighted by molar-refractivity contribution is 5.25. The fraction of sp³-hybridized carbons (Fsp3) is 0.667. The van der Waals surface area contributed by atoms with E-state index in [1.165, 1.54) is 36.8 Å². The van der Waals surface area contributed by atoms with Crippen LogP contribution in [-0.2, 0) is 0 Å². The Morgan fingerprint density at radius 1 is 1.11 bits per heavy atom. The largest absolute Gasteiger partial charge is 0.324 e. The SMILES string of the molecule is Cc1cccc(C(N)C2CCC(C(C)(C)C)CC2)c1. The summed E-state index contributed by atoms with van der Waals surface area (Å²) >= 11 is 0. The van der Waals surface area contributed by atoms with E-state index in [-0.39, 0.29) is 6.04 Å². The topological polar surface area (TPSA) is 26.0 Å². The Morgan fingerprint density at radius 2 is 1.74 bits per heavy atom. The highest BCUT2D eigenvalue weighted by Crippen LogP contribution is 2.42. The van der Waals surface area contributed by atoms with Crippen molar-refractivity contribution in [1.82, 2.24) is 0 Å². The van der Waals surface area contributed by atoms with Gasteiger partial charge in [-0.3, -0.25) is 0 Å². The Morgan fingerprint density at radius 3 is 2.26 bits per heavy atom. The molecule has 0 heterocycles. The molecule has 1 heteroatoms. The predicted octanol–water partition coefficient (Wildman–Crippen LogP) is 4.85. The second-order valence-electron chi connectivity index (χ2n) is 7.42. The maximum atomic E-state index is 6.49. The molecule has 1 fully saturated rings. The molecule has 106 valence electrons. The summed E-state index contributed by atoms with van der Waals surface area (Å²) in [5, 5.41) is 0. The Bertz CT molecular complexity index is 408. The summed E-state index contributed by atoms with van der Waals surface area (Å²) < 4.78 is 0. The summed E-state index contributed by atoms with van der Waals surface area (Å²) in [5.74, 6) is 1.54. The van der Waals surface area contributed by atoms with Crippen LogP contribution in [0.2, 0.25) is 0 Å². The van der Waals surface area contributed by atoms with E-state index in [0.717, 1.165) is 5.92 Å². The Balaban J connectivity index is 1.98. The molecule has 0 radical (unpaired) electrons. The molecule has 1 aliphatic carbocycles. The van der Waals surface area contributed by atoms with Gasteiger partial charge in [0.25, 0.3) is 0 Å². The third kappa shape index (κ3) is 3.60. The Labute approximate surface area is 118 Å². The van der Waals surface area contributed by atoms with Gasteiger partial charge in [0.05, 0.1) is 0 Å². The normalized spacial score (nSPS) is 26.2. The molecule has 1 aromatic carbocycles. The zero-order chi connectivity index (χ0) is 14.0. The lowest BCUT2D eigenvalue weighted by Crippen LogP contribution is -2.30. The van der Waals surface area contributed by atoms with Gasteiger partial charge in [0, 0.05) is 6.04 Å². The number of benzene rings is 1. The lowest BCUT2D eigenvalue weighted by atomic mass is 9.68. The summed E-state index contributed by atoms with van der Waals surface area (Å²) in [6, 6.07) is 8.94. The van der Waals surface area contributed by atoms with Gasteiger partial charge in [0.15, 0.2) is 0 Å². The first kappa shape index (κ1) is 14.6. The van der Waals surface area contributed by atoms with E-state index in [0.29, 0.717) is 11.3 Å². The van der Waals surface area contributed by atoms with Gasteiger partial charge < -0.3 is 5.73 Å². The Kier molecular flexibility index (Phi) is 4.35. The molecule has 0 spiro atoms. The standard InChI is InChI=1S/C18H29N/c1-13-6-5-7-15(12-13)17(19)14-8-10-16(11-9-14)18(2,3)4/h5-7,12,14,16-17H,8-11,19H2,1-4H3. The molecule has 1 aliphatic rings. The van der Waals surface area contributed by atoms with Crippen LogP contribution in [0.1, 0.15) is 63.6 Å². The minimum atomic E-state index is 0.223. The molecule has 0 bridgehead atoms. The van der Waals surface area contributed by atoms with Crippen molar-refractivity contribution < 1.29 is 0 Å². The molecule has 1 saturated carbocycles. The minimum absolute atomic E-state index is 0.223. The van der Waals surface area contributed by atoms with Crippen molar-refractivity contribution in [2.24, 2.45) is 23.0 Å². The zero-order valence-corrected chi connectivity index (χ0v) is 12.9. The lowest BCUT2D eigenvalue weighted by molar-refractivity contribution is 0.139. The molecule has 1 atom stereocenters. The molecule has 2 rings (SSSR count). The molecule has 19 heavy (non-hydrogen) atoms. The van der Waals surface area contributed by atoms with E-state index in [9.17, 15) is 0 Å². The number of rotatable bonds is 2. The summed E-state index contributed by atoms with van der Waals surface area (Å²) in [6.45, 7) is 9.27. The van der Waals surface area contributed by atoms with E-state index in [4.69, 9.17) is 5.73 Å². The van der Waals surface area contributed by atoms with E-state index >= 15 is 0 Å². The number of aryl methyl sites for hydroxylation is 1. The number of nitrogens with two attached hydrogens (primary N) is 1. The van der Waals surface area contributed by atoms with Crippen LogP contribution >= 0.6 is 0 Å². The summed E-state index contributed by atoms with van der Waals surface area (Å²) in [4.78, 5) is 0. The van der Waals surface area contributed by atoms with Gasteiger partial charge in [-0.1, -0.05) is 50.6 Å². The predicted molar refractivity (Wildman–Crippen MR) is 83.0 cm³/mol. The molecule has 2 N–H and O–H groups in total. The van der Waals surface area contributed by atoms with Crippen LogP contribution in [0.25, 0.3) is 0 Å². The van der Waals surface area contributed by atoms with Crippen LogP contribution in [0.15, 0.2) is 24.3 Å². The Hall–Kier alpha value is -0.820. The van der Waals surface area contributed by atoms with Gasteiger partial charge in [0.1, 0.15) is 0 Å². The third-order valence-corrected chi connectivity index (χ3v) is 4.93. The van der Waals surface area contributed by atoms with Crippen LogP contribution in [0, 0.1) is 24.2 Å². The van der Waals surface area contributed by atoms with Gasteiger partial charge in [-0.25, -0.2) is 0 Å². The van der Waals surface area contributed by atoms with Gasteiger partial charge in [-0.2, -0.15) is 0 Å². The van der Waals surface area contributed by atoms with Gasteiger partial charge in [-0.05, 0) is 55.4 Å². The highest BCUT2D eigenvalue weighted by Gasteiger charge is 2.32. The summed E-state index contributed by atoms with van der Waals surface area (Å²) in [6.07, 6.45) is 5.26. The first-order valence-corrected chi connectivity index (χ1v) is 7.70. The van der Waals surface area contributed by atoms with Crippen molar-refractivity contribution >= 4 is 0 Å². The van der Waals surface area contributed by atoms with E-state index < -0.39 is 0 Å². The number of hydrogen-bond donors (Lipinski definition) is 1. The van der Waals surface area contributed by atoms with Crippen molar-refractivity contribution in [2.45, 2.75) is 59.4 Å². The molecule has 0 aliphatic heterocycles. The maximum Gasteiger partial charge on any atom is 0.0323 e. The summed E-state index contributed by atoms with van der Waals surface area (Å²) in [7, 11) is 0. The fourth-order valence-electron chi connectivity index (χ4n) is 3.49. The second kappa shape index (κ2) is 5.66. The first-order chi connectivity index (χ1) is 8.88. The van der Waals surface area contributed by atoms with Crippen LogP contribution in [0.3, 0.4) is 0 Å². The molecule has 0 saturated heterocycles. The smallest absolute Gasteiger partial charge is 0.0323 e. The number of hydrogen-bond acceptors (Lipinski definition) is 1. The van der Waals surface area contributed by atoms with E-state index in [1.807, 2.05) is 0 Å². The van der Waals surface area contributed by atoms with Crippen LogP contribution in [-0.4, -0.2) is 0 Å². The molecule has 1 unspecified atom stereocenters. The zero-order valence-electron chi connectivity index (χ0n) is 12.9. The van der Waals surface area contributed by atoms with Gasteiger partial charge in [-0.15, -0.1) is 0 Å². The minimum Gasteiger partial charge on any atom is -0.324 e. The fourth-order valence-corrected chi connectivity index (χ4v) is 3.49. The van der Waals surface area contributed by atoms with Crippen LogP contribution in [0.5, 0.6) is 0 Å². The van der Waals surface area contributed by atoms with Gasteiger partial charge in [0.2, 0.25) is 0 Å². The lowest BCUT2D eigenvalue weighted by Gasteiger charge is -2.38. The average Bonchev–Trinajstić information content (AvgIpc) is 2.37. The monoisotopic (exact) mass is 259 g/mol. The molecular weight excluding hydrogens is 230 g/mol. The quantitative estimate of drug-likeness (QED) is 0.807. The molecule has 1 nitrogen and oxygen atoms in total. The second-order valence-corrected chi connectivity index (χ2v) is 7.42.